The van der Waals surface area contributed by atoms with Gasteiger partial charge in [0.2, 0.25) is 0 Å². The number of hydrogen-bond donors (Lipinski definition) is 0. The zero-order valence-corrected chi connectivity index (χ0v) is 9.11. The largest absolute Gasteiger partial charge is 0.490 e. The zero-order chi connectivity index (χ0) is 10.8. The third-order valence-corrected chi connectivity index (χ3v) is 2.87. The summed E-state index contributed by atoms with van der Waals surface area (Å²) in [5.74, 6) is 1.75. The van der Waals surface area contributed by atoms with Gasteiger partial charge in [0.15, 0.2) is 11.5 Å². The first-order chi connectivity index (χ1) is 7.93. The highest BCUT2D eigenvalue weighted by Crippen LogP contribution is 2.33. The molecule has 0 N–H and O–H groups in total. The van der Waals surface area contributed by atoms with Gasteiger partial charge in [-0.3, -0.25) is 0 Å². The van der Waals surface area contributed by atoms with Crippen LogP contribution in [0.5, 0.6) is 11.5 Å². The van der Waals surface area contributed by atoms with Gasteiger partial charge in [0.25, 0.3) is 0 Å². The van der Waals surface area contributed by atoms with Crippen LogP contribution >= 0.6 is 0 Å². The van der Waals surface area contributed by atoms with Crippen LogP contribution in [0.2, 0.25) is 0 Å². The third kappa shape index (κ3) is 1.71. The van der Waals surface area contributed by atoms with Crippen LogP contribution in [0.15, 0.2) is 36.4 Å². The number of ether oxygens (including phenoxy) is 2. The Morgan fingerprint density at radius 3 is 1.75 bits per heavy atom. The molecule has 2 nitrogen and oxygen atoms in total. The minimum absolute atomic E-state index is 0.786. The summed E-state index contributed by atoms with van der Waals surface area (Å²) in [6.45, 7) is 1.57. The van der Waals surface area contributed by atoms with Crippen molar-refractivity contribution < 1.29 is 9.47 Å². The average molecular weight is 214 g/mol. The molecule has 0 atom stereocenters. The van der Waals surface area contributed by atoms with Crippen molar-refractivity contribution >= 4 is 10.8 Å². The van der Waals surface area contributed by atoms with Crippen LogP contribution in [0.1, 0.15) is 12.8 Å². The highest BCUT2D eigenvalue weighted by atomic mass is 16.5. The van der Waals surface area contributed by atoms with E-state index in [2.05, 4.69) is 24.3 Å². The van der Waals surface area contributed by atoms with Gasteiger partial charge < -0.3 is 9.47 Å². The molecule has 0 saturated heterocycles. The van der Waals surface area contributed by atoms with E-state index in [0.717, 1.165) is 37.6 Å². The Labute approximate surface area is 94.8 Å². The Kier molecular flexibility index (Phi) is 2.41. The maximum atomic E-state index is 5.71. The summed E-state index contributed by atoms with van der Waals surface area (Å²) in [7, 11) is 0. The molecular formula is C14H14O2. The molecular weight excluding hydrogens is 200 g/mol. The van der Waals surface area contributed by atoms with E-state index in [9.17, 15) is 0 Å². The summed E-state index contributed by atoms with van der Waals surface area (Å²) in [5.41, 5.74) is 0. The topological polar surface area (TPSA) is 18.5 Å². The van der Waals surface area contributed by atoms with Gasteiger partial charge in [-0.1, -0.05) is 24.3 Å². The molecule has 1 aliphatic heterocycles. The fourth-order valence-corrected chi connectivity index (χ4v) is 1.99. The van der Waals surface area contributed by atoms with E-state index in [4.69, 9.17) is 9.47 Å². The Hall–Kier alpha value is -1.70. The van der Waals surface area contributed by atoms with Crippen molar-refractivity contribution in [1.29, 1.82) is 0 Å². The van der Waals surface area contributed by atoms with Crippen molar-refractivity contribution in [2.45, 2.75) is 12.8 Å². The SMILES string of the molecule is c1ccc2cc3c(cc2c1)OCCCCO3. The molecule has 0 unspecified atom stereocenters. The number of fused-ring (bicyclic) bond motifs is 2. The molecule has 1 aliphatic rings. The first-order valence-corrected chi connectivity index (χ1v) is 5.72. The Balaban J connectivity index is 2.12. The van der Waals surface area contributed by atoms with Crippen LogP contribution in [0.25, 0.3) is 10.8 Å². The maximum absolute atomic E-state index is 5.71. The molecule has 3 rings (SSSR count). The lowest BCUT2D eigenvalue weighted by Gasteiger charge is -2.17. The van der Waals surface area contributed by atoms with Crippen LogP contribution in [-0.2, 0) is 0 Å². The van der Waals surface area contributed by atoms with Crippen molar-refractivity contribution in [3.8, 4) is 11.5 Å². The zero-order valence-electron chi connectivity index (χ0n) is 9.11. The lowest BCUT2D eigenvalue weighted by molar-refractivity contribution is 0.224. The summed E-state index contributed by atoms with van der Waals surface area (Å²) in [5, 5.41) is 2.40. The molecule has 0 bridgehead atoms. The van der Waals surface area contributed by atoms with Crippen LogP contribution in [0.4, 0.5) is 0 Å². The van der Waals surface area contributed by atoms with Gasteiger partial charge in [-0.05, 0) is 35.7 Å². The van der Waals surface area contributed by atoms with Gasteiger partial charge in [-0.2, -0.15) is 0 Å². The van der Waals surface area contributed by atoms with E-state index in [1.807, 2.05) is 12.1 Å². The normalized spacial score (nSPS) is 15.5. The second-order valence-corrected chi connectivity index (χ2v) is 4.05. The molecule has 0 aliphatic carbocycles. The fourth-order valence-electron chi connectivity index (χ4n) is 1.99. The minimum atomic E-state index is 0.786. The van der Waals surface area contributed by atoms with E-state index in [1.165, 1.54) is 10.8 Å². The Morgan fingerprint density at radius 1 is 0.750 bits per heavy atom. The maximum Gasteiger partial charge on any atom is 0.161 e. The molecule has 1 heterocycles. The van der Waals surface area contributed by atoms with Crippen molar-refractivity contribution in [1.82, 2.24) is 0 Å². The lowest BCUT2D eigenvalue weighted by Crippen LogP contribution is -2.08. The van der Waals surface area contributed by atoms with Crippen molar-refractivity contribution in [2.75, 3.05) is 13.2 Å². The second-order valence-electron chi connectivity index (χ2n) is 4.05. The molecule has 16 heavy (non-hydrogen) atoms. The standard InChI is InChI=1S/C14H14O2/c1-2-6-12-10-14-13(9-11(12)5-1)15-7-3-4-8-16-14/h1-2,5-6,9-10H,3-4,7-8H2. The number of benzene rings is 2. The first kappa shape index (κ1) is 9.52. The summed E-state index contributed by atoms with van der Waals surface area (Å²) in [6.07, 6.45) is 2.12. The first-order valence-electron chi connectivity index (χ1n) is 5.72. The van der Waals surface area contributed by atoms with Gasteiger partial charge in [0.05, 0.1) is 13.2 Å². The summed E-state index contributed by atoms with van der Waals surface area (Å²) in [4.78, 5) is 0. The highest BCUT2D eigenvalue weighted by molar-refractivity contribution is 5.86. The van der Waals surface area contributed by atoms with Crippen molar-refractivity contribution in [3.63, 3.8) is 0 Å². The predicted octanol–water partition coefficient (Wildman–Crippen LogP) is 3.39. The van der Waals surface area contributed by atoms with Crippen LogP contribution in [0, 0.1) is 0 Å². The fraction of sp³-hybridized carbons (Fsp3) is 0.286. The summed E-state index contributed by atoms with van der Waals surface area (Å²) >= 11 is 0. The molecule has 0 radical (unpaired) electrons. The summed E-state index contributed by atoms with van der Waals surface area (Å²) < 4.78 is 11.4. The molecule has 2 aromatic carbocycles. The lowest BCUT2D eigenvalue weighted by atomic mass is 10.1. The molecule has 0 saturated carbocycles. The quantitative estimate of drug-likeness (QED) is 0.669. The van der Waals surface area contributed by atoms with Crippen LogP contribution in [0.3, 0.4) is 0 Å². The van der Waals surface area contributed by atoms with Crippen molar-refractivity contribution in [2.24, 2.45) is 0 Å². The van der Waals surface area contributed by atoms with E-state index >= 15 is 0 Å². The van der Waals surface area contributed by atoms with Crippen LogP contribution < -0.4 is 9.47 Å². The van der Waals surface area contributed by atoms with Gasteiger partial charge >= 0.3 is 0 Å². The number of rotatable bonds is 0. The molecule has 0 aromatic heterocycles. The predicted molar refractivity (Wildman–Crippen MR) is 64.2 cm³/mol. The molecule has 0 fully saturated rings. The van der Waals surface area contributed by atoms with E-state index < -0.39 is 0 Å². The molecule has 0 spiro atoms. The van der Waals surface area contributed by atoms with Gasteiger partial charge in [0, 0.05) is 0 Å². The Bertz CT molecular complexity index is 459. The van der Waals surface area contributed by atoms with Gasteiger partial charge in [0.1, 0.15) is 0 Å². The summed E-state index contributed by atoms with van der Waals surface area (Å²) in [6, 6.07) is 12.4. The van der Waals surface area contributed by atoms with E-state index in [-0.39, 0.29) is 0 Å². The van der Waals surface area contributed by atoms with Crippen LogP contribution in [-0.4, -0.2) is 13.2 Å². The molecule has 0 amide bonds. The monoisotopic (exact) mass is 214 g/mol. The minimum Gasteiger partial charge on any atom is -0.490 e. The third-order valence-electron chi connectivity index (χ3n) is 2.87. The number of hydrogen-bond acceptors (Lipinski definition) is 2. The Morgan fingerprint density at radius 2 is 1.25 bits per heavy atom. The highest BCUT2D eigenvalue weighted by Gasteiger charge is 2.09. The molecule has 82 valence electrons. The molecule has 2 aromatic rings. The van der Waals surface area contributed by atoms with E-state index in [1.54, 1.807) is 0 Å². The second kappa shape index (κ2) is 4.05. The molecule has 2 heteroatoms. The van der Waals surface area contributed by atoms with E-state index in [0.29, 0.717) is 0 Å². The smallest absolute Gasteiger partial charge is 0.161 e. The van der Waals surface area contributed by atoms with Gasteiger partial charge in [-0.15, -0.1) is 0 Å². The van der Waals surface area contributed by atoms with Gasteiger partial charge in [-0.25, -0.2) is 0 Å². The van der Waals surface area contributed by atoms with Crippen molar-refractivity contribution in [3.05, 3.63) is 36.4 Å². The average Bonchev–Trinajstić information content (AvgIpc) is 2.29.